The zero-order valence-corrected chi connectivity index (χ0v) is 13.6. The number of thiazole rings is 1. The second-order valence-corrected chi connectivity index (χ2v) is 5.66. The second-order valence-electron chi connectivity index (χ2n) is 4.80. The molecule has 24 heavy (non-hydrogen) atoms. The SMILES string of the molecule is Cc1csc(NN=Cc2ccc(Oc3ncccc3C#N)cc2)n1. The average Bonchev–Trinajstić information content (AvgIpc) is 3.02. The lowest BCUT2D eigenvalue weighted by molar-refractivity contribution is 0.461. The molecule has 0 aliphatic heterocycles. The van der Waals surface area contributed by atoms with Crippen molar-refractivity contribution in [2.45, 2.75) is 6.92 Å². The molecule has 7 heteroatoms. The standard InChI is InChI=1S/C17H13N5OS/c1-12-11-24-17(21-12)22-20-10-13-4-6-15(7-5-13)23-16-14(9-18)3-2-8-19-16/h2-8,10-11H,1H3,(H,21,22). The first-order valence-corrected chi connectivity index (χ1v) is 7.97. The van der Waals surface area contributed by atoms with Gasteiger partial charge in [0.25, 0.3) is 0 Å². The van der Waals surface area contributed by atoms with Gasteiger partial charge in [-0.1, -0.05) is 0 Å². The third-order valence-corrected chi connectivity index (χ3v) is 3.84. The maximum absolute atomic E-state index is 9.03. The lowest BCUT2D eigenvalue weighted by Crippen LogP contribution is -1.92. The van der Waals surface area contributed by atoms with Crippen molar-refractivity contribution >= 4 is 22.7 Å². The fourth-order valence-corrected chi connectivity index (χ4v) is 2.50. The Hall–Kier alpha value is -3.24. The van der Waals surface area contributed by atoms with Crippen LogP contribution in [0.4, 0.5) is 5.13 Å². The van der Waals surface area contributed by atoms with Crippen LogP contribution >= 0.6 is 11.3 Å². The molecule has 2 aromatic heterocycles. The number of aromatic nitrogens is 2. The van der Waals surface area contributed by atoms with E-state index in [2.05, 4.69) is 26.6 Å². The maximum Gasteiger partial charge on any atom is 0.237 e. The van der Waals surface area contributed by atoms with Crippen molar-refractivity contribution in [3.05, 3.63) is 64.8 Å². The number of hydrogen-bond acceptors (Lipinski definition) is 7. The lowest BCUT2D eigenvalue weighted by Gasteiger charge is -2.05. The maximum atomic E-state index is 9.03. The van der Waals surface area contributed by atoms with E-state index in [-0.39, 0.29) is 0 Å². The molecule has 0 aliphatic carbocycles. The summed E-state index contributed by atoms with van der Waals surface area (Å²) in [5.74, 6) is 0.896. The molecule has 0 radical (unpaired) electrons. The summed E-state index contributed by atoms with van der Waals surface area (Å²) >= 11 is 1.50. The van der Waals surface area contributed by atoms with Gasteiger partial charge in [-0.2, -0.15) is 10.4 Å². The van der Waals surface area contributed by atoms with Crippen molar-refractivity contribution < 1.29 is 4.74 Å². The highest BCUT2D eigenvalue weighted by atomic mass is 32.1. The molecular formula is C17H13N5OS. The van der Waals surface area contributed by atoms with E-state index in [1.54, 1.807) is 36.7 Å². The molecule has 0 atom stereocenters. The van der Waals surface area contributed by atoms with Gasteiger partial charge in [0.15, 0.2) is 0 Å². The van der Waals surface area contributed by atoms with Crippen molar-refractivity contribution in [3.63, 3.8) is 0 Å². The first-order chi connectivity index (χ1) is 11.7. The van der Waals surface area contributed by atoms with Crippen LogP contribution in [0.5, 0.6) is 11.6 Å². The molecule has 3 rings (SSSR count). The molecule has 0 saturated carbocycles. The van der Waals surface area contributed by atoms with Crippen molar-refractivity contribution in [2.24, 2.45) is 5.10 Å². The van der Waals surface area contributed by atoms with Crippen LogP contribution in [0, 0.1) is 18.3 Å². The van der Waals surface area contributed by atoms with Gasteiger partial charge >= 0.3 is 0 Å². The third kappa shape index (κ3) is 3.94. The predicted molar refractivity (Wildman–Crippen MR) is 93.5 cm³/mol. The molecule has 118 valence electrons. The number of hydrogen-bond donors (Lipinski definition) is 1. The molecular weight excluding hydrogens is 322 g/mol. The van der Waals surface area contributed by atoms with Gasteiger partial charge in [0.1, 0.15) is 17.4 Å². The largest absolute Gasteiger partial charge is 0.438 e. The molecule has 0 fully saturated rings. The topological polar surface area (TPSA) is 83.2 Å². The number of nitriles is 1. The number of ether oxygens (including phenoxy) is 1. The Morgan fingerprint density at radius 3 is 2.83 bits per heavy atom. The molecule has 0 bridgehead atoms. The van der Waals surface area contributed by atoms with Gasteiger partial charge < -0.3 is 4.74 Å². The molecule has 1 N–H and O–H groups in total. The van der Waals surface area contributed by atoms with Gasteiger partial charge in [0, 0.05) is 11.6 Å². The summed E-state index contributed by atoms with van der Waals surface area (Å²) in [6.45, 7) is 1.93. The van der Waals surface area contributed by atoms with E-state index in [0.717, 1.165) is 16.4 Å². The summed E-state index contributed by atoms with van der Waals surface area (Å²) in [5.41, 5.74) is 5.15. The summed E-state index contributed by atoms with van der Waals surface area (Å²) in [6, 6.07) is 12.7. The zero-order valence-electron chi connectivity index (χ0n) is 12.8. The number of benzene rings is 1. The molecule has 1 aromatic carbocycles. The van der Waals surface area contributed by atoms with Crippen LogP contribution in [0.3, 0.4) is 0 Å². The zero-order chi connectivity index (χ0) is 16.8. The van der Waals surface area contributed by atoms with Crippen LogP contribution in [0.2, 0.25) is 0 Å². The molecule has 0 amide bonds. The van der Waals surface area contributed by atoms with E-state index in [1.165, 1.54) is 11.3 Å². The molecule has 0 spiro atoms. The van der Waals surface area contributed by atoms with E-state index in [9.17, 15) is 0 Å². The van der Waals surface area contributed by atoms with E-state index >= 15 is 0 Å². The highest BCUT2D eigenvalue weighted by molar-refractivity contribution is 7.13. The molecule has 0 saturated heterocycles. The second kappa shape index (κ2) is 7.35. The van der Waals surface area contributed by atoms with Crippen LogP contribution in [-0.4, -0.2) is 16.2 Å². The van der Waals surface area contributed by atoms with Gasteiger partial charge in [-0.25, -0.2) is 9.97 Å². The molecule has 2 heterocycles. The average molecular weight is 335 g/mol. The fourth-order valence-electron chi connectivity index (χ4n) is 1.86. The number of rotatable bonds is 5. The highest BCUT2D eigenvalue weighted by Crippen LogP contribution is 2.22. The molecule has 6 nitrogen and oxygen atoms in total. The Kier molecular flexibility index (Phi) is 4.79. The number of nitrogens with zero attached hydrogens (tertiary/aromatic N) is 4. The summed E-state index contributed by atoms with van der Waals surface area (Å²) in [6.07, 6.45) is 3.28. The lowest BCUT2D eigenvalue weighted by atomic mass is 10.2. The number of nitrogens with one attached hydrogen (secondary N) is 1. The van der Waals surface area contributed by atoms with E-state index in [1.807, 2.05) is 24.4 Å². The quantitative estimate of drug-likeness (QED) is 0.564. The Morgan fingerprint density at radius 1 is 1.29 bits per heavy atom. The Balaban J connectivity index is 1.64. The van der Waals surface area contributed by atoms with Crippen LogP contribution in [0.15, 0.2) is 53.1 Å². The third-order valence-electron chi connectivity index (χ3n) is 2.98. The van der Waals surface area contributed by atoms with Crippen LogP contribution < -0.4 is 10.2 Å². The van der Waals surface area contributed by atoms with Gasteiger partial charge in [-0.15, -0.1) is 11.3 Å². The number of pyridine rings is 1. The van der Waals surface area contributed by atoms with Crippen molar-refractivity contribution in [1.29, 1.82) is 5.26 Å². The Bertz CT molecular complexity index is 896. The fraction of sp³-hybridized carbons (Fsp3) is 0.0588. The Morgan fingerprint density at radius 2 is 2.12 bits per heavy atom. The monoisotopic (exact) mass is 335 g/mol. The van der Waals surface area contributed by atoms with E-state index in [4.69, 9.17) is 10.00 Å². The smallest absolute Gasteiger partial charge is 0.237 e. The highest BCUT2D eigenvalue weighted by Gasteiger charge is 2.05. The summed E-state index contributed by atoms with van der Waals surface area (Å²) < 4.78 is 5.63. The minimum absolute atomic E-state index is 0.294. The number of hydrazone groups is 1. The van der Waals surface area contributed by atoms with Crippen LogP contribution in [0.1, 0.15) is 16.8 Å². The van der Waals surface area contributed by atoms with Crippen molar-refractivity contribution in [2.75, 3.05) is 5.43 Å². The van der Waals surface area contributed by atoms with E-state index in [0.29, 0.717) is 17.2 Å². The number of anilines is 1. The molecule has 0 unspecified atom stereocenters. The molecule has 0 aliphatic rings. The normalized spacial score (nSPS) is 10.5. The van der Waals surface area contributed by atoms with Crippen LogP contribution in [-0.2, 0) is 0 Å². The van der Waals surface area contributed by atoms with E-state index < -0.39 is 0 Å². The Labute approximate surface area is 143 Å². The van der Waals surface area contributed by atoms with Gasteiger partial charge in [0.05, 0.1) is 11.9 Å². The van der Waals surface area contributed by atoms with Crippen molar-refractivity contribution in [1.82, 2.24) is 9.97 Å². The summed E-state index contributed by atoms with van der Waals surface area (Å²) in [4.78, 5) is 8.33. The summed E-state index contributed by atoms with van der Waals surface area (Å²) in [7, 11) is 0. The minimum atomic E-state index is 0.294. The summed E-state index contributed by atoms with van der Waals surface area (Å²) in [5, 5.41) is 15.9. The minimum Gasteiger partial charge on any atom is -0.438 e. The molecule has 3 aromatic rings. The predicted octanol–water partition coefficient (Wildman–Crippen LogP) is 3.96. The first kappa shape index (κ1) is 15.6. The first-order valence-electron chi connectivity index (χ1n) is 7.09. The van der Waals surface area contributed by atoms with Crippen LogP contribution in [0.25, 0.3) is 0 Å². The van der Waals surface area contributed by atoms with Gasteiger partial charge in [0.2, 0.25) is 11.0 Å². The van der Waals surface area contributed by atoms with Crippen molar-refractivity contribution in [3.8, 4) is 17.7 Å². The van der Waals surface area contributed by atoms with Gasteiger partial charge in [-0.3, -0.25) is 5.43 Å². The van der Waals surface area contributed by atoms with Gasteiger partial charge in [-0.05, 0) is 48.9 Å². The number of aryl methyl sites for hydroxylation is 1.